The van der Waals surface area contributed by atoms with E-state index in [1.165, 1.54) is 0 Å². The van der Waals surface area contributed by atoms with Crippen molar-refractivity contribution in [2.45, 2.75) is 32.2 Å². The molecular formula is C18H24N4O5. The molecule has 3 aliphatic rings. The van der Waals surface area contributed by atoms with E-state index in [1.54, 1.807) is 13.0 Å². The first-order valence-corrected chi connectivity index (χ1v) is 9.45. The Bertz CT molecular complexity index is 734. The van der Waals surface area contributed by atoms with Gasteiger partial charge in [-0.25, -0.2) is 4.90 Å². The van der Waals surface area contributed by atoms with Crippen LogP contribution in [0.3, 0.4) is 0 Å². The van der Waals surface area contributed by atoms with Gasteiger partial charge in [0.2, 0.25) is 11.8 Å². The molecule has 0 radical (unpaired) electrons. The number of ether oxygens (including phenoxy) is 1. The van der Waals surface area contributed by atoms with Crippen LogP contribution in [0.5, 0.6) is 0 Å². The van der Waals surface area contributed by atoms with Crippen molar-refractivity contribution in [1.82, 2.24) is 15.0 Å². The molecule has 4 rings (SSSR count). The van der Waals surface area contributed by atoms with E-state index in [-0.39, 0.29) is 35.9 Å². The van der Waals surface area contributed by atoms with Gasteiger partial charge in [0.15, 0.2) is 5.82 Å². The lowest BCUT2D eigenvalue weighted by Gasteiger charge is -2.37. The van der Waals surface area contributed by atoms with Crippen molar-refractivity contribution in [2.75, 3.05) is 44.3 Å². The third kappa shape index (κ3) is 3.49. The second-order valence-corrected chi connectivity index (χ2v) is 7.33. The van der Waals surface area contributed by atoms with Crippen LogP contribution in [-0.4, -0.2) is 78.1 Å². The fourth-order valence-corrected chi connectivity index (χ4v) is 4.10. The summed E-state index contributed by atoms with van der Waals surface area (Å²) in [7, 11) is 0. The van der Waals surface area contributed by atoms with E-state index in [9.17, 15) is 14.4 Å². The molecule has 0 bridgehead atoms. The second-order valence-electron chi connectivity index (χ2n) is 7.33. The summed E-state index contributed by atoms with van der Waals surface area (Å²) in [5.41, 5.74) is 0. The summed E-state index contributed by atoms with van der Waals surface area (Å²) in [6.45, 7) is 5.49. The van der Waals surface area contributed by atoms with Crippen LogP contribution in [0.2, 0.25) is 0 Å². The zero-order valence-corrected chi connectivity index (χ0v) is 15.4. The molecule has 0 aliphatic carbocycles. The first-order valence-electron chi connectivity index (χ1n) is 9.45. The Kier molecular flexibility index (Phi) is 4.96. The Morgan fingerprint density at radius 1 is 1.15 bits per heavy atom. The molecule has 0 aromatic carbocycles. The van der Waals surface area contributed by atoms with Crippen LogP contribution in [0.15, 0.2) is 10.6 Å². The minimum absolute atomic E-state index is 0.0131. The first-order chi connectivity index (χ1) is 13.0. The lowest BCUT2D eigenvalue weighted by atomic mass is 9.94. The highest BCUT2D eigenvalue weighted by Crippen LogP contribution is 2.29. The third-order valence-electron chi connectivity index (χ3n) is 5.61. The van der Waals surface area contributed by atoms with Gasteiger partial charge in [-0.1, -0.05) is 5.16 Å². The summed E-state index contributed by atoms with van der Waals surface area (Å²) < 4.78 is 10.3. The molecule has 3 amide bonds. The Morgan fingerprint density at radius 2 is 1.85 bits per heavy atom. The first kappa shape index (κ1) is 18.1. The molecule has 9 nitrogen and oxygen atoms in total. The number of imide groups is 1. The van der Waals surface area contributed by atoms with Crippen LogP contribution in [0.1, 0.15) is 25.0 Å². The Balaban J connectivity index is 1.36. The van der Waals surface area contributed by atoms with E-state index in [0.717, 1.165) is 4.90 Å². The van der Waals surface area contributed by atoms with E-state index >= 15 is 0 Å². The van der Waals surface area contributed by atoms with Gasteiger partial charge in [-0.3, -0.25) is 19.3 Å². The smallest absolute Gasteiger partial charge is 0.252 e. The third-order valence-corrected chi connectivity index (χ3v) is 5.61. The average molecular weight is 376 g/mol. The molecule has 0 saturated carbocycles. The van der Waals surface area contributed by atoms with E-state index in [0.29, 0.717) is 58.0 Å². The second kappa shape index (κ2) is 7.40. The molecule has 1 aromatic heterocycles. The van der Waals surface area contributed by atoms with Crippen LogP contribution in [-0.2, 0) is 19.1 Å². The number of hydrogen-bond acceptors (Lipinski definition) is 7. The highest BCUT2D eigenvalue weighted by Gasteiger charge is 2.45. The molecular weight excluding hydrogens is 352 g/mol. The largest absolute Gasteiger partial charge is 0.378 e. The van der Waals surface area contributed by atoms with Gasteiger partial charge in [0.1, 0.15) is 5.76 Å². The quantitative estimate of drug-likeness (QED) is 0.695. The number of anilines is 1. The van der Waals surface area contributed by atoms with Crippen molar-refractivity contribution in [2.24, 2.45) is 5.92 Å². The molecule has 27 heavy (non-hydrogen) atoms. The van der Waals surface area contributed by atoms with Crippen LogP contribution in [0.4, 0.5) is 5.82 Å². The SMILES string of the molecule is Cc1cc(N2C(=O)CC(N3CCC(C(=O)N4CCOCC4)CC3)C2=O)no1. The number of aryl methyl sites for hydroxylation is 1. The summed E-state index contributed by atoms with van der Waals surface area (Å²) in [6.07, 6.45) is 1.56. The lowest BCUT2D eigenvalue weighted by Crippen LogP contribution is -2.50. The molecule has 1 aromatic rings. The molecule has 1 atom stereocenters. The molecule has 0 spiro atoms. The highest BCUT2D eigenvalue weighted by molar-refractivity contribution is 6.21. The van der Waals surface area contributed by atoms with Crippen molar-refractivity contribution < 1.29 is 23.6 Å². The molecule has 3 aliphatic heterocycles. The van der Waals surface area contributed by atoms with Crippen LogP contribution in [0.25, 0.3) is 0 Å². The maximum atomic E-state index is 12.8. The van der Waals surface area contributed by atoms with Gasteiger partial charge in [-0.2, -0.15) is 0 Å². The molecule has 146 valence electrons. The predicted octanol–water partition coefficient (Wildman–Crippen LogP) is 0.186. The maximum absolute atomic E-state index is 12.8. The number of amides is 3. The van der Waals surface area contributed by atoms with Crippen molar-refractivity contribution in [3.63, 3.8) is 0 Å². The van der Waals surface area contributed by atoms with Gasteiger partial charge in [0, 0.05) is 25.1 Å². The number of nitrogens with zero attached hydrogens (tertiary/aromatic N) is 4. The average Bonchev–Trinajstić information content (AvgIpc) is 3.24. The molecule has 4 heterocycles. The fourth-order valence-electron chi connectivity index (χ4n) is 4.10. The summed E-state index contributed by atoms with van der Waals surface area (Å²) in [6, 6.07) is 1.11. The zero-order chi connectivity index (χ0) is 19.0. The number of piperidine rings is 1. The van der Waals surface area contributed by atoms with Crippen LogP contribution >= 0.6 is 0 Å². The topological polar surface area (TPSA) is 96.2 Å². The van der Waals surface area contributed by atoms with Gasteiger partial charge in [0.25, 0.3) is 5.91 Å². The normalized spacial score (nSPS) is 25.4. The van der Waals surface area contributed by atoms with E-state index in [1.807, 2.05) is 9.80 Å². The summed E-state index contributed by atoms with van der Waals surface area (Å²) in [4.78, 5) is 42.8. The maximum Gasteiger partial charge on any atom is 0.252 e. The Morgan fingerprint density at radius 3 is 2.48 bits per heavy atom. The summed E-state index contributed by atoms with van der Waals surface area (Å²) in [5.74, 6) is 0.460. The van der Waals surface area contributed by atoms with Crippen molar-refractivity contribution in [3.05, 3.63) is 11.8 Å². The Labute approximate surface area is 157 Å². The van der Waals surface area contributed by atoms with E-state index < -0.39 is 6.04 Å². The number of rotatable bonds is 3. The van der Waals surface area contributed by atoms with Gasteiger partial charge in [-0.05, 0) is 32.9 Å². The van der Waals surface area contributed by atoms with Gasteiger partial charge < -0.3 is 14.2 Å². The minimum Gasteiger partial charge on any atom is -0.378 e. The van der Waals surface area contributed by atoms with E-state index in [2.05, 4.69) is 5.16 Å². The van der Waals surface area contributed by atoms with Crippen molar-refractivity contribution >= 4 is 23.5 Å². The number of carbonyl (C=O) groups excluding carboxylic acids is 3. The van der Waals surface area contributed by atoms with Crippen molar-refractivity contribution in [3.8, 4) is 0 Å². The number of morpholine rings is 1. The highest BCUT2D eigenvalue weighted by atomic mass is 16.5. The number of likely N-dealkylation sites (tertiary alicyclic amines) is 1. The predicted molar refractivity (Wildman–Crippen MR) is 93.8 cm³/mol. The molecule has 0 N–H and O–H groups in total. The van der Waals surface area contributed by atoms with Gasteiger partial charge >= 0.3 is 0 Å². The summed E-state index contributed by atoms with van der Waals surface area (Å²) >= 11 is 0. The summed E-state index contributed by atoms with van der Waals surface area (Å²) in [5, 5.41) is 3.80. The van der Waals surface area contributed by atoms with Gasteiger partial charge in [-0.15, -0.1) is 0 Å². The van der Waals surface area contributed by atoms with Crippen molar-refractivity contribution in [1.29, 1.82) is 0 Å². The van der Waals surface area contributed by atoms with E-state index in [4.69, 9.17) is 9.26 Å². The monoisotopic (exact) mass is 376 g/mol. The molecule has 3 fully saturated rings. The van der Waals surface area contributed by atoms with Crippen LogP contribution in [0, 0.1) is 12.8 Å². The fraction of sp³-hybridized carbons (Fsp3) is 0.667. The number of hydrogen-bond donors (Lipinski definition) is 0. The zero-order valence-electron chi connectivity index (χ0n) is 15.4. The number of aromatic nitrogens is 1. The van der Waals surface area contributed by atoms with Crippen LogP contribution < -0.4 is 4.90 Å². The molecule has 1 unspecified atom stereocenters. The van der Waals surface area contributed by atoms with Gasteiger partial charge in [0.05, 0.1) is 25.7 Å². The lowest BCUT2D eigenvalue weighted by molar-refractivity contribution is -0.141. The Hall–Kier alpha value is -2.26. The molecule has 3 saturated heterocycles. The number of carbonyl (C=O) groups is 3. The minimum atomic E-state index is -0.478. The molecule has 9 heteroatoms. The standard InChI is InChI=1S/C18H24N4O5/c1-12-10-15(19-27-12)22-16(23)11-14(18(22)25)20-4-2-13(3-5-20)17(24)21-6-8-26-9-7-21/h10,13-14H,2-9,11H2,1H3.